The van der Waals surface area contributed by atoms with E-state index in [1.165, 1.54) is 16.4 Å². The molecule has 0 aromatic heterocycles. The number of amides is 1. The highest BCUT2D eigenvalue weighted by atomic mass is 32.2. The van der Waals surface area contributed by atoms with Gasteiger partial charge < -0.3 is 10.1 Å². The van der Waals surface area contributed by atoms with E-state index in [-0.39, 0.29) is 18.3 Å². The fraction of sp³-hybridized carbons (Fsp3) is 0.316. The van der Waals surface area contributed by atoms with Crippen LogP contribution in [0.15, 0.2) is 48.5 Å². The molecule has 1 aliphatic rings. The number of ether oxygens (including phenoxy) is 1. The minimum absolute atomic E-state index is 0.194. The lowest BCUT2D eigenvalue weighted by Crippen LogP contribution is -2.42. The van der Waals surface area contributed by atoms with Gasteiger partial charge in [0.1, 0.15) is 24.2 Å². The maximum Gasteiger partial charge on any atom is 0.242 e. The molecule has 0 spiro atoms. The van der Waals surface area contributed by atoms with E-state index in [9.17, 15) is 17.6 Å². The topological polar surface area (TPSA) is 75.7 Å². The van der Waals surface area contributed by atoms with Gasteiger partial charge in [-0.3, -0.25) is 4.79 Å². The third-order valence-electron chi connectivity index (χ3n) is 4.33. The third-order valence-corrected chi connectivity index (χ3v) is 5.62. The Hall–Kier alpha value is -2.45. The molecule has 0 saturated carbocycles. The minimum atomic E-state index is -3.42. The first-order chi connectivity index (χ1) is 12.8. The number of anilines is 1. The maximum atomic E-state index is 13.2. The van der Waals surface area contributed by atoms with Gasteiger partial charge >= 0.3 is 0 Å². The van der Waals surface area contributed by atoms with Gasteiger partial charge in [-0.15, -0.1) is 0 Å². The first-order valence-electron chi connectivity index (χ1n) is 8.58. The van der Waals surface area contributed by atoms with Crippen LogP contribution in [0, 0.1) is 5.82 Å². The first kappa shape index (κ1) is 19.3. The van der Waals surface area contributed by atoms with Gasteiger partial charge in [0.05, 0.1) is 6.26 Å². The van der Waals surface area contributed by atoms with Crippen LogP contribution in [0.3, 0.4) is 0 Å². The van der Waals surface area contributed by atoms with Crippen LogP contribution in [-0.2, 0) is 21.4 Å². The van der Waals surface area contributed by atoms with Crippen molar-refractivity contribution in [2.45, 2.75) is 25.5 Å². The first-order valence-corrected chi connectivity index (χ1v) is 10.4. The van der Waals surface area contributed by atoms with Gasteiger partial charge in [0.2, 0.25) is 15.9 Å². The lowest BCUT2D eigenvalue weighted by atomic mass is 10.2. The number of hydrogen-bond acceptors (Lipinski definition) is 4. The molecule has 1 aliphatic heterocycles. The molecule has 2 aromatic carbocycles. The molecule has 1 amide bonds. The molecule has 0 aliphatic carbocycles. The molecule has 1 heterocycles. The highest BCUT2D eigenvalue weighted by Gasteiger charge is 2.36. The zero-order valence-corrected chi connectivity index (χ0v) is 15.7. The molecule has 0 radical (unpaired) electrons. The van der Waals surface area contributed by atoms with E-state index in [0.29, 0.717) is 36.4 Å². The van der Waals surface area contributed by atoms with Crippen molar-refractivity contribution in [3.8, 4) is 5.75 Å². The van der Waals surface area contributed by atoms with Gasteiger partial charge in [-0.25, -0.2) is 12.8 Å². The Bertz CT molecular complexity index is 933. The summed E-state index contributed by atoms with van der Waals surface area (Å²) in [7, 11) is -3.42. The van der Waals surface area contributed by atoms with Crippen LogP contribution >= 0.6 is 0 Å². The van der Waals surface area contributed by atoms with Crippen molar-refractivity contribution in [2.24, 2.45) is 0 Å². The molecule has 2 aromatic rings. The lowest BCUT2D eigenvalue weighted by molar-refractivity contribution is -0.119. The van der Waals surface area contributed by atoms with Crippen molar-refractivity contribution < 1.29 is 22.3 Å². The minimum Gasteiger partial charge on any atom is -0.489 e. The largest absolute Gasteiger partial charge is 0.489 e. The van der Waals surface area contributed by atoms with Crippen LogP contribution in [-0.4, -0.2) is 37.5 Å². The number of nitrogens with one attached hydrogen (secondary N) is 1. The highest BCUT2D eigenvalue weighted by Crippen LogP contribution is 2.23. The van der Waals surface area contributed by atoms with Crippen LogP contribution in [0.2, 0.25) is 0 Å². The van der Waals surface area contributed by atoms with E-state index in [1.54, 1.807) is 36.4 Å². The highest BCUT2D eigenvalue weighted by molar-refractivity contribution is 7.88. The van der Waals surface area contributed by atoms with Crippen LogP contribution in [0.4, 0.5) is 10.1 Å². The van der Waals surface area contributed by atoms with Crippen LogP contribution in [0.1, 0.15) is 18.4 Å². The summed E-state index contributed by atoms with van der Waals surface area (Å²) in [5.74, 6) is -0.173. The monoisotopic (exact) mass is 392 g/mol. The molecule has 27 heavy (non-hydrogen) atoms. The van der Waals surface area contributed by atoms with E-state index >= 15 is 0 Å². The molecule has 3 rings (SSSR count). The molecule has 1 unspecified atom stereocenters. The van der Waals surface area contributed by atoms with E-state index in [1.807, 2.05) is 0 Å². The Kier molecular flexibility index (Phi) is 5.76. The Balaban J connectivity index is 1.64. The number of carbonyl (C=O) groups excluding carboxylic acids is 1. The summed E-state index contributed by atoms with van der Waals surface area (Å²) in [5, 5.41) is 2.75. The van der Waals surface area contributed by atoms with Gasteiger partial charge in [0.25, 0.3) is 0 Å². The number of rotatable bonds is 6. The molecule has 1 saturated heterocycles. The molecule has 6 nitrogen and oxygen atoms in total. The predicted octanol–water partition coefficient (Wildman–Crippen LogP) is 2.77. The van der Waals surface area contributed by atoms with Gasteiger partial charge in [-0.1, -0.05) is 18.2 Å². The second-order valence-corrected chi connectivity index (χ2v) is 8.40. The predicted molar refractivity (Wildman–Crippen MR) is 100 cm³/mol. The summed E-state index contributed by atoms with van der Waals surface area (Å²) in [6.45, 7) is 0.549. The smallest absolute Gasteiger partial charge is 0.242 e. The van der Waals surface area contributed by atoms with Gasteiger partial charge in [0.15, 0.2) is 0 Å². The van der Waals surface area contributed by atoms with E-state index in [0.717, 1.165) is 6.26 Å². The van der Waals surface area contributed by atoms with Crippen molar-refractivity contribution in [2.75, 3.05) is 18.1 Å². The van der Waals surface area contributed by atoms with E-state index in [4.69, 9.17) is 4.74 Å². The second-order valence-electron chi connectivity index (χ2n) is 6.47. The molecule has 1 atom stereocenters. The van der Waals surface area contributed by atoms with Crippen molar-refractivity contribution in [3.63, 3.8) is 0 Å². The summed E-state index contributed by atoms with van der Waals surface area (Å²) < 4.78 is 43.7. The molecular formula is C19H21FN2O4S. The van der Waals surface area contributed by atoms with Gasteiger partial charge in [0, 0.05) is 18.3 Å². The van der Waals surface area contributed by atoms with Crippen LogP contribution in [0.25, 0.3) is 0 Å². The summed E-state index contributed by atoms with van der Waals surface area (Å²) in [6.07, 6.45) is 2.26. The second kappa shape index (κ2) is 8.06. The van der Waals surface area contributed by atoms with Crippen molar-refractivity contribution in [1.82, 2.24) is 4.31 Å². The molecule has 144 valence electrons. The normalized spacial score (nSPS) is 17.6. The number of carbonyl (C=O) groups is 1. The third kappa shape index (κ3) is 5.05. The number of sulfonamides is 1. The van der Waals surface area contributed by atoms with Gasteiger partial charge in [-0.2, -0.15) is 4.31 Å². The Morgan fingerprint density at radius 3 is 2.78 bits per heavy atom. The summed E-state index contributed by atoms with van der Waals surface area (Å²) in [6, 6.07) is 12.2. The number of halogens is 1. The van der Waals surface area contributed by atoms with E-state index < -0.39 is 16.1 Å². The summed E-state index contributed by atoms with van der Waals surface area (Å²) in [5.41, 5.74) is 1.20. The average molecular weight is 392 g/mol. The van der Waals surface area contributed by atoms with Crippen molar-refractivity contribution in [3.05, 3.63) is 59.9 Å². The zero-order chi connectivity index (χ0) is 19.4. The lowest BCUT2D eigenvalue weighted by Gasteiger charge is -2.21. The van der Waals surface area contributed by atoms with Gasteiger partial charge in [-0.05, 0) is 42.7 Å². The quantitative estimate of drug-likeness (QED) is 0.820. The maximum absolute atomic E-state index is 13.2. The number of hydrogen-bond donors (Lipinski definition) is 1. The van der Waals surface area contributed by atoms with Crippen molar-refractivity contribution in [1.29, 1.82) is 0 Å². The molecular weight excluding hydrogens is 371 g/mol. The number of benzene rings is 2. The Morgan fingerprint density at radius 2 is 2.04 bits per heavy atom. The van der Waals surface area contributed by atoms with Crippen molar-refractivity contribution >= 4 is 21.6 Å². The molecule has 8 heteroatoms. The molecule has 1 N–H and O–H groups in total. The fourth-order valence-corrected chi connectivity index (χ4v) is 4.21. The number of nitrogens with zero attached hydrogens (tertiary/aromatic N) is 1. The Labute approximate surface area is 158 Å². The van der Waals surface area contributed by atoms with E-state index in [2.05, 4.69) is 5.32 Å². The Morgan fingerprint density at radius 1 is 1.26 bits per heavy atom. The summed E-state index contributed by atoms with van der Waals surface area (Å²) in [4.78, 5) is 12.5. The average Bonchev–Trinajstić information content (AvgIpc) is 3.11. The molecule has 1 fully saturated rings. The van der Waals surface area contributed by atoms with Crippen LogP contribution < -0.4 is 10.1 Å². The van der Waals surface area contributed by atoms with Crippen LogP contribution in [0.5, 0.6) is 5.75 Å². The molecule has 0 bridgehead atoms. The zero-order valence-electron chi connectivity index (χ0n) is 14.9. The standard InChI is InChI=1S/C19H21FN2O4S/c1-27(24,25)22-10-4-9-18(22)19(23)21-16-7-3-8-17(12-16)26-13-14-5-2-6-15(20)11-14/h2-3,5-8,11-12,18H,4,9-10,13H2,1H3,(H,21,23). The summed E-state index contributed by atoms with van der Waals surface area (Å²) >= 11 is 0. The SMILES string of the molecule is CS(=O)(=O)N1CCCC1C(=O)Nc1cccc(OCc2cccc(F)c2)c1. The fourth-order valence-electron chi connectivity index (χ4n) is 3.08.